The zero-order valence-corrected chi connectivity index (χ0v) is 20.5. The van der Waals surface area contributed by atoms with E-state index in [9.17, 15) is 19.5 Å². The molecule has 1 aliphatic carbocycles. The molecular formula is C28H34N2O5. The van der Waals surface area contributed by atoms with E-state index in [-0.39, 0.29) is 43.9 Å². The third-order valence-electron chi connectivity index (χ3n) is 7.04. The van der Waals surface area contributed by atoms with Crippen molar-refractivity contribution >= 4 is 18.0 Å². The molecule has 2 aliphatic rings. The number of carbonyl (C=O) groups excluding carboxylic acids is 2. The van der Waals surface area contributed by atoms with Crippen molar-refractivity contribution in [3.05, 3.63) is 59.7 Å². The van der Waals surface area contributed by atoms with E-state index in [2.05, 4.69) is 29.6 Å². The van der Waals surface area contributed by atoms with Gasteiger partial charge in [-0.3, -0.25) is 9.59 Å². The molecule has 0 spiro atoms. The van der Waals surface area contributed by atoms with E-state index in [1.807, 2.05) is 38.1 Å². The Hall–Kier alpha value is -3.35. The number of benzene rings is 2. The van der Waals surface area contributed by atoms with E-state index < -0.39 is 17.5 Å². The summed E-state index contributed by atoms with van der Waals surface area (Å²) in [5.74, 6) is -0.950. The third kappa shape index (κ3) is 5.84. The number of alkyl carbamates (subject to hydrolysis) is 1. The molecule has 0 unspecified atom stereocenters. The Morgan fingerprint density at radius 1 is 1.03 bits per heavy atom. The molecule has 7 nitrogen and oxygen atoms in total. The molecule has 2 N–H and O–H groups in total. The number of amides is 2. The summed E-state index contributed by atoms with van der Waals surface area (Å²) in [5, 5.41) is 12.0. The Morgan fingerprint density at radius 3 is 2.29 bits per heavy atom. The lowest BCUT2D eigenvalue weighted by atomic mass is 9.87. The second-order valence-corrected chi connectivity index (χ2v) is 10.4. The van der Waals surface area contributed by atoms with E-state index in [0.29, 0.717) is 6.54 Å². The molecule has 0 radical (unpaired) electrons. The summed E-state index contributed by atoms with van der Waals surface area (Å²) >= 11 is 0. The van der Waals surface area contributed by atoms with Gasteiger partial charge in [0.25, 0.3) is 0 Å². The van der Waals surface area contributed by atoms with Crippen molar-refractivity contribution in [1.29, 1.82) is 0 Å². The Labute approximate surface area is 206 Å². The average molecular weight is 479 g/mol. The average Bonchev–Trinajstić information content (AvgIpc) is 3.15. The number of ether oxygens (including phenoxy) is 1. The molecule has 1 aliphatic heterocycles. The second-order valence-electron chi connectivity index (χ2n) is 10.4. The molecule has 186 valence electrons. The summed E-state index contributed by atoms with van der Waals surface area (Å²) in [7, 11) is 0. The number of nitrogens with zero attached hydrogens (tertiary/aromatic N) is 1. The van der Waals surface area contributed by atoms with Crippen molar-refractivity contribution in [3.63, 3.8) is 0 Å². The first-order chi connectivity index (χ1) is 16.7. The predicted molar refractivity (Wildman–Crippen MR) is 133 cm³/mol. The van der Waals surface area contributed by atoms with Crippen molar-refractivity contribution in [2.75, 3.05) is 19.7 Å². The number of piperidine rings is 1. The zero-order valence-electron chi connectivity index (χ0n) is 20.5. The molecule has 4 rings (SSSR count). The number of carboxylic acids is 1. The fourth-order valence-electron chi connectivity index (χ4n) is 5.28. The number of carboxylic acid groups (broad SMARTS) is 1. The van der Waals surface area contributed by atoms with Gasteiger partial charge in [0.15, 0.2) is 0 Å². The summed E-state index contributed by atoms with van der Waals surface area (Å²) in [6.07, 6.45) is 2.25. The first-order valence-corrected chi connectivity index (χ1v) is 12.4. The number of hydrogen-bond donors (Lipinski definition) is 2. The molecule has 2 aromatic rings. The van der Waals surface area contributed by atoms with E-state index in [4.69, 9.17) is 4.74 Å². The molecule has 0 aromatic heterocycles. The van der Waals surface area contributed by atoms with Crippen LogP contribution in [0, 0.1) is 5.41 Å². The Bertz CT molecular complexity index is 1050. The van der Waals surface area contributed by atoms with Crippen LogP contribution in [0.1, 0.15) is 63.0 Å². The van der Waals surface area contributed by atoms with Crippen molar-refractivity contribution in [3.8, 4) is 11.1 Å². The van der Waals surface area contributed by atoms with Gasteiger partial charge in [-0.05, 0) is 46.9 Å². The molecule has 1 saturated heterocycles. The number of rotatable bonds is 8. The van der Waals surface area contributed by atoms with Gasteiger partial charge in [0, 0.05) is 31.5 Å². The lowest BCUT2D eigenvalue weighted by molar-refractivity contribution is -0.142. The summed E-state index contributed by atoms with van der Waals surface area (Å²) in [6.45, 7) is 4.96. The second kappa shape index (κ2) is 10.5. The van der Waals surface area contributed by atoms with Gasteiger partial charge in [0.2, 0.25) is 5.91 Å². The van der Waals surface area contributed by atoms with Crippen LogP contribution in [-0.2, 0) is 14.3 Å². The maximum atomic E-state index is 13.0. The maximum absolute atomic E-state index is 13.0. The minimum Gasteiger partial charge on any atom is -0.481 e. The van der Waals surface area contributed by atoms with Crippen LogP contribution in [0.25, 0.3) is 11.1 Å². The largest absolute Gasteiger partial charge is 0.481 e. The molecule has 0 saturated carbocycles. The highest BCUT2D eigenvalue weighted by Gasteiger charge is 2.33. The van der Waals surface area contributed by atoms with Crippen molar-refractivity contribution < 1.29 is 24.2 Å². The first kappa shape index (κ1) is 24.8. The van der Waals surface area contributed by atoms with Crippen LogP contribution in [0.5, 0.6) is 0 Å². The molecule has 0 bridgehead atoms. The van der Waals surface area contributed by atoms with E-state index in [1.54, 1.807) is 4.90 Å². The molecule has 7 heteroatoms. The number of aliphatic carboxylic acids is 1. The maximum Gasteiger partial charge on any atom is 0.407 e. The predicted octanol–water partition coefficient (Wildman–Crippen LogP) is 4.80. The van der Waals surface area contributed by atoms with Gasteiger partial charge in [-0.1, -0.05) is 62.4 Å². The topological polar surface area (TPSA) is 95.9 Å². The summed E-state index contributed by atoms with van der Waals surface area (Å²) < 4.78 is 5.61. The number of likely N-dealkylation sites (tertiary alicyclic amines) is 1. The molecule has 1 heterocycles. The van der Waals surface area contributed by atoms with Crippen LogP contribution in [-0.4, -0.2) is 53.7 Å². The van der Waals surface area contributed by atoms with Crippen LogP contribution in [0.4, 0.5) is 4.79 Å². The van der Waals surface area contributed by atoms with Crippen molar-refractivity contribution in [2.24, 2.45) is 5.41 Å². The van der Waals surface area contributed by atoms with Gasteiger partial charge in [-0.2, -0.15) is 0 Å². The lowest BCUT2D eigenvalue weighted by Crippen LogP contribution is -2.47. The third-order valence-corrected chi connectivity index (χ3v) is 7.04. The number of nitrogens with one attached hydrogen (secondary N) is 1. The fraction of sp³-hybridized carbons (Fsp3) is 0.464. The monoisotopic (exact) mass is 478 g/mol. The highest BCUT2D eigenvalue weighted by atomic mass is 16.5. The summed E-state index contributed by atoms with van der Waals surface area (Å²) in [6, 6.07) is 16.1. The Morgan fingerprint density at radius 2 is 1.66 bits per heavy atom. The fourth-order valence-corrected chi connectivity index (χ4v) is 5.28. The molecule has 35 heavy (non-hydrogen) atoms. The standard InChI is InChI=1S/C28H34N2O5/c1-28(2,16-25(31)30-14-8-7-9-19(30)15-26(32)33)18-29-27(34)35-17-24-22-12-5-3-10-20(22)21-11-4-6-13-23(21)24/h3-6,10-13,19,24H,7-9,14-18H2,1-2H3,(H,29,34)(H,32,33)/t19-/m0/s1. The number of hydrogen-bond acceptors (Lipinski definition) is 4. The van der Waals surface area contributed by atoms with E-state index in [0.717, 1.165) is 30.4 Å². The van der Waals surface area contributed by atoms with Crippen LogP contribution >= 0.6 is 0 Å². The minimum atomic E-state index is -0.883. The quantitative estimate of drug-likeness (QED) is 0.568. The smallest absolute Gasteiger partial charge is 0.407 e. The summed E-state index contributed by atoms with van der Waals surface area (Å²) in [5.41, 5.74) is 4.18. The number of carbonyl (C=O) groups is 3. The Balaban J connectivity index is 1.30. The van der Waals surface area contributed by atoms with E-state index >= 15 is 0 Å². The number of fused-ring (bicyclic) bond motifs is 3. The first-order valence-electron chi connectivity index (χ1n) is 12.4. The highest BCUT2D eigenvalue weighted by Crippen LogP contribution is 2.44. The molecule has 1 atom stereocenters. The SMILES string of the molecule is CC(C)(CNC(=O)OCC1c2ccccc2-c2ccccc21)CC(=O)N1CCCC[C@H]1CC(=O)O. The van der Waals surface area contributed by atoms with Crippen molar-refractivity contribution in [2.45, 2.75) is 57.9 Å². The molecule has 1 fully saturated rings. The van der Waals surface area contributed by atoms with Gasteiger partial charge < -0.3 is 20.1 Å². The van der Waals surface area contributed by atoms with Gasteiger partial charge in [0.05, 0.1) is 6.42 Å². The van der Waals surface area contributed by atoms with Gasteiger partial charge >= 0.3 is 12.1 Å². The van der Waals surface area contributed by atoms with Gasteiger partial charge in [-0.15, -0.1) is 0 Å². The van der Waals surface area contributed by atoms with Crippen LogP contribution < -0.4 is 5.32 Å². The highest BCUT2D eigenvalue weighted by molar-refractivity contribution is 5.80. The van der Waals surface area contributed by atoms with Crippen LogP contribution in [0.15, 0.2) is 48.5 Å². The molecule has 2 aromatic carbocycles. The normalized spacial score (nSPS) is 17.4. The lowest BCUT2D eigenvalue weighted by Gasteiger charge is -2.37. The Kier molecular flexibility index (Phi) is 7.43. The summed E-state index contributed by atoms with van der Waals surface area (Å²) in [4.78, 5) is 38.4. The van der Waals surface area contributed by atoms with Gasteiger partial charge in [0.1, 0.15) is 6.61 Å². The van der Waals surface area contributed by atoms with E-state index in [1.165, 1.54) is 11.1 Å². The van der Waals surface area contributed by atoms with Crippen LogP contribution in [0.2, 0.25) is 0 Å². The zero-order chi connectivity index (χ0) is 25.0. The molecular weight excluding hydrogens is 444 g/mol. The van der Waals surface area contributed by atoms with Gasteiger partial charge in [-0.25, -0.2) is 4.79 Å². The minimum absolute atomic E-state index is 0.00647. The van der Waals surface area contributed by atoms with Crippen molar-refractivity contribution in [1.82, 2.24) is 10.2 Å². The molecule has 2 amide bonds. The van der Waals surface area contributed by atoms with Crippen LogP contribution in [0.3, 0.4) is 0 Å².